The highest BCUT2D eigenvalue weighted by atomic mass is 16.6. The molecule has 0 unspecified atom stereocenters. The van der Waals surface area contributed by atoms with Crippen molar-refractivity contribution in [2.75, 3.05) is 41.0 Å². The SMILES string of the molecule is COc1ccc2c(c1)c(CCN(C)C)cn2C(=O)OCCOC1CC1. The number of ether oxygens (including phenoxy) is 3. The van der Waals surface area contributed by atoms with Crippen LogP contribution < -0.4 is 4.74 Å². The minimum Gasteiger partial charge on any atom is -0.497 e. The molecule has 0 aliphatic heterocycles. The molecule has 6 nitrogen and oxygen atoms in total. The van der Waals surface area contributed by atoms with Gasteiger partial charge in [0, 0.05) is 18.1 Å². The number of aromatic nitrogens is 1. The van der Waals surface area contributed by atoms with E-state index in [1.165, 1.54) is 0 Å². The van der Waals surface area contributed by atoms with Crippen LogP contribution in [0.25, 0.3) is 10.9 Å². The summed E-state index contributed by atoms with van der Waals surface area (Å²) in [5, 5.41) is 1.02. The first-order valence-corrected chi connectivity index (χ1v) is 8.70. The summed E-state index contributed by atoms with van der Waals surface area (Å²) in [5.74, 6) is 0.780. The Kier molecular flexibility index (Phi) is 5.60. The molecule has 0 N–H and O–H groups in total. The molecule has 2 aromatic rings. The maximum Gasteiger partial charge on any atom is 0.418 e. The van der Waals surface area contributed by atoms with Crippen LogP contribution in [0.15, 0.2) is 24.4 Å². The second kappa shape index (κ2) is 7.89. The summed E-state index contributed by atoms with van der Waals surface area (Å²) < 4.78 is 17.8. The molecule has 136 valence electrons. The summed E-state index contributed by atoms with van der Waals surface area (Å²) in [6.07, 6.45) is 4.96. The highest BCUT2D eigenvalue weighted by Crippen LogP contribution is 2.27. The summed E-state index contributed by atoms with van der Waals surface area (Å²) in [5.41, 5.74) is 1.94. The van der Waals surface area contributed by atoms with Crippen LogP contribution in [0.3, 0.4) is 0 Å². The highest BCUT2D eigenvalue weighted by molar-refractivity contribution is 5.92. The lowest BCUT2D eigenvalue weighted by Gasteiger charge is -2.08. The van der Waals surface area contributed by atoms with Gasteiger partial charge in [-0.15, -0.1) is 0 Å². The van der Waals surface area contributed by atoms with E-state index in [4.69, 9.17) is 14.2 Å². The molecule has 1 aromatic carbocycles. The van der Waals surface area contributed by atoms with E-state index < -0.39 is 0 Å². The minimum atomic E-state index is -0.370. The Balaban J connectivity index is 1.76. The van der Waals surface area contributed by atoms with Gasteiger partial charge >= 0.3 is 6.09 Å². The number of hydrogen-bond donors (Lipinski definition) is 0. The number of fused-ring (bicyclic) bond motifs is 1. The van der Waals surface area contributed by atoms with Crippen molar-refractivity contribution >= 4 is 17.0 Å². The number of likely N-dealkylation sites (N-methyl/N-ethyl adjacent to an activating group) is 1. The van der Waals surface area contributed by atoms with Crippen LogP contribution in [0, 0.1) is 0 Å². The Morgan fingerprint density at radius 1 is 1.28 bits per heavy atom. The molecule has 0 amide bonds. The van der Waals surface area contributed by atoms with Gasteiger partial charge in [0.15, 0.2) is 0 Å². The lowest BCUT2D eigenvalue weighted by atomic mass is 10.1. The molecule has 0 saturated heterocycles. The zero-order chi connectivity index (χ0) is 17.8. The van der Waals surface area contributed by atoms with Gasteiger partial charge in [-0.2, -0.15) is 0 Å². The predicted octanol–water partition coefficient (Wildman–Crippen LogP) is 2.92. The molecule has 1 aliphatic rings. The third kappa shape index (κ3) is 4.52. The van der Waals surface area contributed by atoms with E-state index in [1.807, 2.05) is 38.5 Å². The molecule has 6 heteroatoms. The van der Waals surface area contributed by atoms with Crippen LogP contribution in [-0.2, 0) is 15.9 Å². The first-order valence-electron chi connectivity index (χ1n) is 8.70. The van der Waals surface area contributed by atoms with E-state index in [0.29, 0.717) is 12.7 Å². The average molecular weight is 346 g/mol. The molecule has 1 fully saturated rings. The molecule has 0 spiro atoms. The summed E-state index contributed by atoms with van der Waals surface area (Å²) >= 11 is 0. The quantitative estimate of drug-likeness (QED) is 0.688. The molecule has 0 bridgehead atoms. The van der Waals surface area contributed by atoms with Crippen LogP contribution in [-0.4, -0.2) is 62.6 Å². The van der Waals surface area contributed by atoms with Gasteiger partial charge < -0.3 is 19.1 Å². The summed E-state index contributed by atoms with van der Waals surface area (Å²) in [4.78, 5) is 14.6. The average Bonchev–Trinajstić information content (AvgIpc) is 3.36. The van der Waals surface area contributed by atoms with Crippen molar-refractivity contribution in [2.24, 2.45) is 0 Å². The van der Waals surface area contributed by atoms with Crippen LogP contribution in [0.4, 0.5) is 4.79 Å². The number of carbonyl (C=O) groups excluding carboxylic acids is 1. The number of hydrogen-bond acceptors (Lipinski definition) is 5. The maximum atomic E-state index is 12.5. The van der Waals surface area contributed by atoms with Crippen molar-refractivity contribution in [1.82, 2.24) is 9.47 Å². The molecule has 0 atom stereocenters. The van der Waals surface area contributed by atoms with Crippen molar-refractivity contribution < 1.29 is 19.0 Å². The van der Waals surface area contributed by atoms with Crippen molar-refractivity contribution in [1.29, 1.82) is 0 Å². The van der Waals surface area contributed by atoms with Crippen molar-refractivity contribution in [2.45, 2.75) is 25.4 Å². The van der Waals surface area contributed by atoms with E-state index in [9.17, 15) is 4.79 Å². The number of benzene rings is 1. The van der Waals surface area contributed by atoms with Crippen molar-refractivity contribution in [3.63, 3.8) is 0 Å². The standard InChI is InChI=1S/C19H26N2O4/c1-20(2)9-8-14-13-21(18-7-6-16(23-3)12-17(14)18)19(22)25-11-10-24-15-4-5-15/h6-7,12-13,15H,4-5,8-11H2,1-3H3. The van der Waals surface area contributed by atoms with Gasteiger partial charge in [-0.1, -0.05) is 0 Å². The van der Waals surface area contributed by atoms with Crippen LogP contribution in [0.2, 0.25) is 0 Å². The molecule has 1 heterocycles. The van der Waals surface area contributed by atoms with Crippen LogP contribution in [0.5, 0.6) is 5.75 Å². The number of nitrogens with zero attached hydrogens (tertiary/aromatic N) is 2. The molecular weight excluding hydrogens is 320 g/mol. The third-order valence-electron chi connectivity index (χ3n) is 4.31. The lowest BCUT2D eigenvalue weighted by molar-refractivity contribution is 0.0650. The molecule has 1 aliphatic carbocycles. The molecule has 1 aromatic heterocycles. The number of rotatable bonds is 8. The van der Waals surface area contributed by atoms with E-state index in [2.05, 4.69) is 4.90 Å². The van der Waals surface area contributed by atoms with E-state index in [1.54, 1.807) is 11.7 Å². The highest BCUT2D eigenvalue weighted by Gasteiger charge is 2.22. The summed E-state index contributed by atoms with van der Waals surface area (Å²) in [6.45, 7) is 1.63. The second-order valence-electron chi connectivity index (χ2n) is 6.65. The molecule has 25 heavy (non-hydrogen) atoms. The zero-order valence-electron chi connectivity index (χ0n) is 15.2. The topological polar surface area (TPSA) is 52.9 Å². The van der Waals surface area contributed by atoms with Crippen molar-refractivity contribution in [3.05, 3.63) is 30.0 Å². The normalized spacial score (nSPS) is 14.2. The Labute approximate surface area is 148 Å². The van der Waals surface area contributed by atoms with Gasteiger partial charge in [0.1, 0.15) is 12.4 Å². The van der Waals surface area contributed by atoms with E-state index in [-0.39, 0.29) is 12.7 Å². The van der Waals surface area contributed by atoms with Gasteiger partial charge in [0.05, 0.1) is 25.3 Å². The summed E-state index contributed by atoms with van der Waals surface area (Å²) in [6, 6.07) is 5.73. The van der Waals surface area contributed by atoms with Gasteiger partial charge in [0.2, 0.25) is 0 Å². The Morgan fingerprint density at radius 2 is 2.08 bits per heavy atom. The molecule has 3 rings (SSSR count). The van der Waals surface area contributed by atoms with Gasteiger partial charge in [0.25, 0.3) is 0 Å². The van der Waals surface area contributed by atoms with E-state index >= 15 is 0 Å². The molecule has 0 radical (unpaired) electrons. The lowest BCUT2D eigenvalue weighted by Crippen LogP contribution is -2.16. The predicted molar refractivity (Wildman–Crippen MR) is 96.5 cm³/mol. The first kappa shape index (κ1) is 17.8. The Hall–Kier alpha value is -2.05. The second-order valence-corrected chi connectivity index (χ2v) is 6.65. The minimum absolute atomic E-state index is 0.276. The maximum absolute atomic E-state index is 12.5. The van der Waals surface area contributed by atoms with Gasteiger partial charge in [-0.05, 0) is 57.1 Å². The Bertz CT molecular complexity index is 734. The first-order chi connectivity index (χ1) is 12.1. The van der Waals surface area contributed by atoms with Crippen LogP contribution in [0.1, 0.15) is 18.4 Å². The molecular formula is C19H26N2O4. The molecule has 1 saturated carbocycles. The Morgan fingerprint density at radius 3 is 2.76 bits per heavy atom. The fourth-order valence-electron chi connectivity index (χ4n) is 2.75. The monoisotopic (exact) mass is 346 g/mol. The van der Waals surface area contributed by atoms with Crippen molar-refractivity contribution in [3.8, 4) is 5.75 Å². The number of methoxy groups -OCH3 is 1. The fourth-order valence-corrected chi connectivity index (χ4v) is 2.75. The summed E-state index contributed by atoms with van der Waals surface area (Å²) in [7, 11) is 5.72. The van der Waals surface area contributed by atoms with Crippen LogP contribution >= 0.6 is 0 Å². The fraction of sp³-hybridized carbons (Fsp3) is 0.526. The van der Waals surface area contributed by atoms with Gasteiger partial charge in [-0.25, -0.2) is 4.79 Å². The third-order valence-corrected chi connectivity index (χ3v) is 4.31. The zero-order valence-corrected chi connectivity index (χ0v) is 15.2. The smallest absolute Gasteiger partial charge is 0.418 e. The van der Waals surface area contributed by atoms with Gasteiger partial charge in [-0.3, -0.25) is 4.57 Å². The largest absolute Gasteiger partial charge is 0.497 e. The number of carbonyl (C=O) groups is 1. The van der Waals surface area contributed by atoms with E-state index in [0.717, 1.165) is 48.0 Å².